The van der Waals surface area contributed by atoms with Crippen LogP contribution in [0.4, 0.5) is 5.69 Å². The molecule has 0 saturated carbocycles. The van der Waals surface area contributed by atoms with Gasteiger partial charge in [0.1, 0.15) is 11.5 Å². The van der Waals surface area contributed by atoms with Gasteiger partial charge in [-0.1, -0.05) is 6.92 Å². The van der Waals surface area contributed by atoms with Crippen LogP contribution in [0.3, 0.4) is 0 Å². The van der Waals surface area contributed by atoms with Crippen molar-refractivity contribution in [3.05, 3.63) is 18.2 Å². The van der Waals surface area contributed by atoms with Gasteiger partial charge < -0.3 is 19.7 Å². The van der Waals surface area contributed by atoms with Gasteiger partial charge in [-0.2, -0.15) is 0 Å². The molecule has 1 aromatic carbocycles. The molecule has 0 aliphatic carbocycles. The molecule has 116 valence electrons. The predicted octanol–water partition coefficient (Wildman–Crippen LogP) is 1.90. The molecule has 0 aromatic heterocycles. The monoisotopic (exact) mass is 294 g/mol. The largest absolute Gasteiger partial charge is 0.497 e. The highest BCUT2D eigenvalue weighted by Gasteiger charge is 2.14. The Morgan fingerprint density at radius 1 is 1.24 bits per heavy atom. The summed E-state index contributed by atoms with van der Waals surface area (Å²) in [6.45, 7) is 4.00. The number of carbonyl (C=O) groups excluding carboxylic acids is 2. The third kappa shape index (κ3) is 4.98. The first-order valence-electron chi connectivity index (χ1n) is 6.79. The van der Waals surface area contributed by atoms with Crippen LogP contribution in [0, 0.1) is 0 Å². The molecule has 0 radical (unpaired) electrons. The molecular formula is C15H22N2O4. The van der Waals surface area contributed by atoms with Crippen LogP contribution in [0.15, 0.2) is 18.2 Å². The summed E-state index contributed by atoms with van der Waals surface area (Å²) in [6.07, 6.45) is 0.804. The van der Waals surface area contributed by atoms with Crippen LogP contribution in [0.5, 0.6) is 11.5 Å². The van der Waals surface area contributed by atoms with Crippen LogP contribution in [0.2, 0.25) is 0 Å². The van der Waals surface area contributed by atoms with E-state index in [-0.39, 0.29) is 18.4 Å². The Morgan fingerprint density at radius 3 is 2.48 bits per heavy atom. The highest BCUT2D eigenvalue weighted by molar-refractivity contribution is 5.95. The van der Waals surface area contributed by atoms with E-state index < -0.39 is 0 Å². The van der Waals surface area contributed by atoms with Crippen LogP contribution in [-0.2, 0) is 9.59 Å². The van der Waals surface area contributed by atoms with Gasteiger partial charge in [-0.3, -0.25) is 9.59 Å². The van der Waals surface area contributed by atoms with Gasteiger partial charge in [0.25, 0.3) is 0 Å². The highest BCUT2D eigenvalue weighted by Crippen LogP contribution is 2.28. The average Bonchev–Trinajstić information content (AvgIpc) is 2.47. The molecule has 0 saturated heterocycles. The molecule has 0 unspecified atom stereocenters. The summed E-state index contributed by atoms with van der Waals surface area (Å²) < 4.78 is 10.3. The van der Waals surface area contributed by atoms with E-state index in [1.807, 2.05) is 6.92 Å². The summed E-state index contributed by atoms with van der Waals surface area (Å²) in [6, 6.07) is 5.12. The molecule has 0 aliphatic heterocycles. The van der Waals surface area contributed by atoms with Crippen molar-refractivity contribution in [2.24, 2.45) is 0 Å². The Labute approximate surface area is 125 Å². The second-order valence-electron chi connectivity index (χ2n) is 4.55. The number of carbonyl (C=O) groups is 2. The van der Waals surface area contributed by atoms with Crippen LogP contribution in [-0.4, -0.2) is 44.0 Å². The molecule has 0 spiro atoms. The van der Waals surface area contributed by atoms with E-state index in [2.05, 4.69) is 5.32 Å². The zero-order valence-corrected chi connectivity index (χ0v) is 12.9. The molecule has 2 amide bonds. The Hall–Kier alpha value is -2.24. The SMILES string of the molecule is CCCN(CC(=O)Nc1ccc(OC)cc1OC)C(C)=O. The summed E-state index contributed by atoms with van der Waals surface area (Å²) in [5.41, 5.74) is 0.545. The van der Waals surface area contributed by atoms with Gasteiger partial charge in [-0.25, -0.2) is 0 Å². The standard InChI is InChI=1S/C15H22N2O4/c1-5-8-17(11(2)18)10-15(19)16-13-7-6-12(20-3)9-14(13)21-4/h6-7,9H,5,8,10H2,1-4H3,(H,16,19). The molecule has 6 heteroatoms. The molecule has 21 heavy (non-hydrogen) atoms. The van der Waals surface area contributed by atoms with Crippen molar-refractivity contribution in [2.75, 3.05) is 32.6 Å². The molecule has 0 fully saturated rings. The number of amides is 2. The summed E-state index contributed by atoms with van der Waals surface area (Å²) in [5.74, 6) is 0.768. The molecule has 0 bridgehead atoms. The molecule has 1 aromatic rings. The van der Waals surface area contributed by atoms with E-state index in [0.717, 1.165) is 6.42 Å². The normalized spacial score (nSPS) is 9.90. The van der Waals surface area contributed by atoms with E-state index in [1.54, 1.807) is 25.3 Å². The minimum absolute atomic E-state index is 0.0261. The maximum absolute atomic E-state index is 12.0. The summed E-state index contributed by atoms with van der Waals surface area (Å²) in [4.78, 5) is 25.0. The van der Waals surface area contributed by atoms with Crippen molar-refractivity contribution >= 4 is 17.5 Å². The van der Waals surface area contributed by atoms with E-state index in [1.165, 1.54) is 18.9 Å². The van der Waals surface area contributed by atoms with Gasteiger partial charge in [0.15, 0.2) is 0 Å². The van der Waals surface area contributed by atoms with Crippen LogP contribution < -0.4 is 14.8 Å². The van der Waals surface area contributed by atoms with Crippen molar-refractivity contribution in [2.45, 2.75) is 20.3 Å². The maximum Gasteiger partial charge on any atom is 0.244 e. The number of nitrogens with zero attached hydrogens (tertiary/aromatic N) is 1. The first-order chi connectivity index (χ1) is 10.0. The van der Waals surface area contributed by atoms with Gasteiger partial charge in [-0.05, 0) is 18.6 Å². The Morgan fingerprint density at radius 2 is 1.95 bits per heavy atom. The molecule has 1 rings (SSSR count). The summed E-state index contributed by atoms with van der Waals surface area (Å²) >= 11 is 0. The second kappa shape index (κ2) is 8.14. The van der Waals surface area contributed by atoms with Gasteiger partial charge >= 0.3 is 0 Å². The minimum atomic E-state index is -0.262. The Kier molecular flexibility index (Phi) is 6.52. The van der Waals surface area contributed by atoms with Gasteiger partial charge in [0, 0.05) is 19.5 Å². The second-order valence-corrected chi connectivity index (χ2v) is 4.55. The molecule has 0 aliphatic rings. The quantitative estimate of drug-likeness (QED) is 0.834. The number of ether oxygens (including phenoxy) is 2. The Bertz CT molecular complexity index is 502. The molecular weight excluding hydrogens is 272 g/mol. The Balaban J connectivity index is 2.76. The van der Waals surface area contributed by atoms with Crippen molar-refractivity contribution < 1.29 is 19.1 Å². The molecule has 0 atom stereocenters. The van der Waals surface area contributed by atoms with E-state index in [9.17, 15) is 9.59 Å². The van der Waals surface area contributed by atoms with Crippen molar-refractivity contribution in [1.82, 2.24) is 4.90 Å². The predicted molar refractivity (Wildman–Crippen MR) is 80.7 cm³/mol. The first-order valence-corrected chi connectivity index (χ1v) is 6.79. The summed E-state index contributed by atoms with van der Waals surface area (Å²) in [5, 5.41) is 2.74. The number of hydrogen-bond acceptors (Lipinski definition) is 4. The lowest BCUT2D eigenvalue weighted by molar-refractivity contribution is -0.132. The number of hydrogen-bond donors (Lipinski definition) is 1. The number of rotatable bonds is 7. The topological polar surface area (TPSA) is 67.9 Å². The van der Waals surface area contributed by atoms with E-state index in [4.69, 9.17) is 9.47 Å². The van der Waals surface area contributed by atoms with Crippen LogP contribution in [0.25, 0.3) is 0 Å². The third-order valence-electron chi connectivity index (χ3n) is 2.96. The number of nitrogens with one attached hydrogen (secondary N) is 1. The van der Waals surface area contributed by atoms with Crippen LogP contribution >= 0.6 is 0 Å². The minimum Gasteiger partial charge on any atom is -0.497 e. The maximum atomic E-state index is 12.0. The summed E-state index contributed by atoms with van der Waals surface area (Å²) in [7, 11) is 3.08. The average molecular weight is 294 g/mol. The highest BCUT2D eigenvalue weighted by atomic mass is 16.5. The molecule has 1 N–H and O–H groups in total. The zero-order chi connectivity index (χ0) is 15.8. The molecule has 0 heterocycles. The van der Waals surface area contributed by atoms with Crippen LogP contribution in [0.1, 0.15) is 20.3 Å². The lowest BCUT2D eigenvalue weighted by Crippen LogP contribution is -2.37. The van der Waals surface area contributed by atoms with E-state index in [0.29, 0.717) is 23.7 Å². The lowest BCUT2D eigenvalue weighted by Gasteiger charge is -2.20. The van der Waals surface area contributed by atoms with Gasteiger partial charge in [0.2, 0.25) is 11.8 Å². The zero-order valence-electron chi connectivity index (χ0n) is 12.9. The smallest absolute Gasteiger partial charge is 0.244 e. The number of benzene rings is 1. The lowest BCUT2D eigenvalue weighted by atomic mass is 10.2. The van der Waals surface area contributed by atoms with E-state index >= 15 is 0 Å². The molecule has 6 nitrogen and oxygen atoms in total. The first kappa shape index (κ1) is 16.8. The fourth-order valence-corrected chi connectivity index (χ4v) is 1.88. The number of methoxy groups -OCH3 is 2. The fraction of sp³-hybridized carbons (Fsp3) is 0.467. The van der Waals surface area contributed by atoms with Crippen molar-refractivity contribution in [3.8, 4) is 11.5 Å². The van der Waals surface area contributed by atoms with Gasteiger partial charge in [0.05, 0.1) is 26.5 Å². The number of anilines is 1. The third-order valence-corrected chi connectivity index (χ3v) is 2.96. The van der Waals surface area contributed by atoms with Crippen molar-refractivity contribution in [3.63, 3.8) is 0 Å². The van der Waals surface area contributed by atoms with Gasteiger partial charge in [-0.15, -0.1) is 0 Å². The fourth-order valence-electron chi connectivity index (χ4n) is 1.88. The van der Waals surface area contributed by atoms with Crippen molar-refractivity contribution in [1.29, 1.82) is 0 Å².